The summed E-state index contributed by atoms with van der Waals surface area (Å²) in [5.74, 6) is -0.195. The van der Waals surface area contributed by atoms with Gasteiger partial charge in [0.15, 0.2) is 0 Å². The minimum atomic E-state index is -0.195. The highest BCUT2D eigenvalue weighted by Gasteiger charge is 2.04. The van der Waals surface area contributed by atoms with Crippen molar-refractivity contribution in [3.63, 3.8) is 0 Å². The van der Waals surface area contributed by atoms with E-state index in [4.69, 9.17) is 5.73 Å². The Morgan fingerprint density at radius 2 is 2.12 bits per heavy atom. The molecule has 1 heterocycles. The van der Waals surface area contributed by atoms with E-state index >= 15 is 0 Å². The maximum absolute atomic E-state index is 13.4. The molecular formula is C12H12BrFN2S. The van der Waals surface area contributed by atoms with Gasteiger partial charge in [-0.1, -0.05) is 15.9 Å². The van der Waals surface area contributed by atoms with Gasteiger partial charge in [-0.15, -0.1) is 11.3 Å². The van der Waals surface area contributed by atoms with Crippen LogP contribution in [0.3, 0.4) is 0 Å². The first kappa shape index (κ1) is 12.5. The van der Waals surface area contributed by atoms with E-state index in [9.17, 15) is 4.39 Å². The highest BCUT2D eigenvalue weighted by molar-refractivity contribution is 9.10. The van der Waals surface area contributed by atoms with Crippen LogP contribution in [0.4, 0.5) is 10.1 Å². The topological polar surface area (TPSA) is 38.0 Å². The Bertz CT molecular complexity index is 513. The summed E-state index contributed by atoms with van der Waals surface area (Å²) in [6.45, 7) is 1.15. The van der Waals surface area contributed by atoms with E-state index in [2.05, 4.69) is 21.2 Å². The standard InChI is InChI=1S/C12H12BrFN2S/c13-9-1-2-10(14)8(5-9)6-16-7-12-11(15)3-4-17-12/h1-5,16H,6-7,15H2. The summed E-state index contributed by atoms with van der Waals surface area (Å²) < 4.78 is 14.3. The van der Waals surface area contributed by atoms with Gasteiger partial charge in [-0.25, -0.2) is 4.39 Å². The fourth-order valence-electron chi connectivity index (χ4n) is 1.48. The molecule has 5 heteroatoms. The Balaban J connectivity index is 1.94. The van der Waals surface area contributed by atoms with Crippen LogP contribution < -0.4 is 11.1 Å². The first-order valence-corrected chi connectivity index (χ1v) is 6.80. The molecule has 0 saturated heterocycles. The van der Waals surface area contributed by atoms with Crippen LogP contribution in [-0.2, 0) is 13.1 Å². The smallest absolute Gasteiger partial charge is 0.127 e. The largest absolute Gasteiger partial charge is 0.398 e. The number of nitrogens with one attached hydrogen (secondary N) is 1. The van der Waals surface area contributed by atoms with Crippen LogP contribution in [0, 0.1) is 5.82 Å². The lowest BCUT2D eigenvalue weighted by atomic mass is 10.2. The zero-order chi connectivity index (χ0) is 12.3. The van der Waals surface area contributed by atoms with Crippen molar-refractivity contribution in [2.75, 3.05) is 5.73 Å². The summed E-state index contributed by atoms with van der Waals surface area (Å²) in [6, 6.07) is 6.80. The number of hydrogen-bond acceptors (Lipinski definition) is 3. The van der Waals surface area contributed by atoms with Gasteiger partial charge in [0.25, 0.3) is 0 Å². The van der Waals surface area contributed by atoms with Gasteiger partial charge >= 0.3 is 0 Å². The number of benzene rings is 1. The van der Waals surface area contributed by atoms with Gasteiger partial charge in [0.2, 0.25) is 0 Å². The molecule has 0 amide bonds. The molecule has 0 spiro atoms. The summed E-state index contributed by atoms with van der Waals surface area (Å²) in [5, 5.41) is 5.13. The maximum Gasteiger partial charge on any atom is 0.127 e. The average molecular weight is 315 g/mol. The minimum Gasteiger partial charge on any atom is -0.398 e. The summed E-state index contributed by atoms with van der Waals surface area (Å²) in [6.07, 6.45) is 0. The molecule has 17 heavy (non-hydrogen) atoms. The summed E-state index contributed by atoms with van der Waals surface area (Å²) >= 11 is 4.93. The first-order valence-electron chi connectivity index (χ1n) is 5.13. The molecular weight excluding hydrogens is 303 g/mol. The monoisotopic (exact) mass is 314 g/mol. The molecule has 3 N–H and O–H groups in total. The zero-order valence-corrected chi connectivity index (χ0v) is 11.4. The van der Waals surface area contributed by atoms with Crippen LogP contribution in [0.5, 0.6) is 0 Å². The zero-order valence-electron chi connectivity index (χ0n) is 9.04. The van der Waals surface area contributed by atoms with Crippen molar-refractivity contribution in [1.82, 2.24) is 5.32 Å². The van der Waals surface area contributed by atoms with Crippen LogP contribution in [0.15, 0.2) is 34.1 Å². The molecule has 0 aliphatic rings. The van der Waals surface area contributed by atoms with Crippen molar-refractivity contribution in [1.29, 1.82) is 0 Å². The molecule has 0 bridgehead atoms. The summed E-state index contributed by atoms with van der Waals surface area (Å²) in [7, 11) is 0. The molecule has 0 fully saturated rings. The van der Waals surface area contributed by atoms with Gasteiger partial charge in [0.1, 0.15) is 5.82 Å². The maximum atomic E-state index is 13.4. The lowest BCUT2D eigenvalue weighted by Crippen LogP contribution is -2.13. The van der Waals surface area contributed by atoms with Gasteiger partial charge in [-0.3, -0.25) is 0 Å². The molecule has 2 nitrogen and oxygen atoms in total. The third kappa shape index (κ3) is 3.28. The number of rotatable bonds is 4. The molecule has 2 aromatic rings. The predicted molar refractivity (Wildman–Crippen MR) is 73.4 cm³/mol. The van der Waals surface area contributed by atoms with Gasteiger partial charge in [-0.05, 0) is 29.6 Å². The van der Waals surface area contributed by atoms with E-state index in [1.54, 1.807) is 23.5 Å². The van der Waals surface area contributed by atoms with Crippen LogP contribution in [0.1, 0.15) is 10.4 Å². The van der Waals surface area contributed by atoms with E-state index in [1.807, 2.05) is 11.4 Å². The number of thiophene rings is 1. The Labute approximate surface area is 112 Å². The van der Waals surface area contributed by atoms with Crippen LogP contribution in [0.2, 0.25) is 0 Å². The Kier molecular flexibility index (Phi) is 4.15. The fraction of sp³-hybridized carbons (Fsp3) is 0.167. The molecule has 0 unspecified atom stereocenters. The van der Waals surface area contributed by atoms with Crippen LogP contribution >= 0.6 is 27.3 Å². The SMILES string of the molecule is Nc1ccsc1CNCc1cc(Br)ccc1F. The van der Waals surface area contributed by atoms with Gasteiger partial charge in [0, 0.05) is 33.7 Å². The lowest BCUT2D eigenvalue weighted by Gasteiger charge is -2.06. The van der Waals surface area contributed by atoms with E-state index in [0.29, 0.717) is 18.7 Å². The first-order chi connectivity index (χ1) is 8.16. The Hall–Kier alpha value is -0.910. The van der Waals surface area contributed by atoms with E-state index < -0.39 is 0 Å². The van der Waals surface area contributed by atoms with E-state index in [1.165, 1.54) is 6.07 Å². The van der Waals surface area contributed by atoms with E-state index in [-0.39, 0.29) is 5.82 Å². The number of halogens is 2. The molecule has 90 valence electrons. The molecule has 0 radical (unpaired) electrons. The molecule has 1 aromatic carbocycles. The second-order valence-electron chi connectivity index (χ2n) is 3.64. The van der Waals surface area contributed by atoms with Crippen molar-refractivity contribution in [3.05, 3.63) is 50.4 Å². The second-order valence-corrected chi connectivity index (χ2v) is 5.55. The van der Waals surface area contributed by atoms with Crippen molar-refractivity contribution in [3.8, 4) is 0 Å². The van der Waals surface area contributed by atoms with Crippen LogP contribution in [-0.4, -0.2) is 0 Å². The number of hydrogen-bond donors (Lipinski definition) is 2. The third-order valence-electron chi connectivity index (χ3n) is 2.39. The average Bonchev–Trinajstić information content (AvgIpc) is 2.70. The molecule has 1 aromatic heterocycles. The van der Waals surface area contributed by atoms with Gasteiger partial charge in [-0.2, -0.15) is 0 Å². The molecule has 0 aliphatic carbocycles. The molecule has 0 aliphatic heterocycles. The normalized spacial score (nSPS) is 10.7. The minimum absolute atomic E-state index is 0.195. The van der Waals surface area contributed by atoms with E-state index in [0.717, 1.165) is 15.0 Å². The quantitative estimate of drug-likeness (QED) is 0.906. The summed E-state index contributed by atoms with van der Waals surface area (Å²) in [4.78, 5) is 1.08. The third-order valence-corrected chi connectivity index (χ3v) is 3.82. The van der Waals surface area contributed by atoms with Crippen LogP contribution in [0.25, 0.3) is 0 Å². The van der Waals surface area contributed by atoms with Gasteiger partial charge < -0.3 is 11.1 Å². The summed E-state index contributed by atoms with van der Waals surface area (Å²) in [5.41, 5.74) is 7.20. The molecule has 2 rings (SSSR count). The van der Waals surface area contributed by atoms with Crippen molar-refractivity contribution in [2.45, 2.75) is 13.1 Å². The van der Waals surface area contributed by atoms with Crippen molar-refractivity contribution < 1.29 is 4.39 Å². The fourth-order valence-corrected chi connectivity index (χ4v) is 2.66. The van der Waals surface area contributed by atoms with Gasteiger partial charge in [0.05, 0.1) is 0 Å². The second kappa shape index (κ2) is 5.62. The highest BCUT2D eigenvalue weighted by Crippen LogP contribution is 2.19. The Morgan fingerprint density at radius 1 is 1.29 bits per heavy atom. The highest BCUT2D eigenvalue weighted by atomic mass is 79.9. The number of anilines is 1. The molecule has 0 atom stereocenters. The molecule has 0 saturated carbocycles. The number of nitrogens with two attached hydrogens (primary N) is 1. The van der Waals surface area contributed by atoms with Crippen molar-refractivity contribution >= 4 is 33.0 Å². The number of nitrogen functional groups attached to an aromatic ring is 1. The van der Waals surface area contributed by atoms with Crippen molar-refractivity contribution in [2.24, 2.45) is 0 Å². The Morgan fingerprint density at radius 3 is 2.82 bits per heavy atom. The lowest BCUT2D eigenvalue weighted by molar-refractivity contribution is 0.589. The predicted octanol–water partition coefficient (Wildman–Crippen LogP) is 3.52.